The van der Waals surface area contributed by atoms with Gasteiger partial charge in [0, 0.05) is 38.0 Å². The molecule has 0 aliphatic heterocycles. The van der Waals surface area contributed by atoms with Crippen LogP contribution in [0, 0.1) is 0 Å². The van der Waals surface area contributed by atoms with Crippen molar-refractivity contribution in [2.24, 2.45) is 0 Å². The number of carbonyl (C=O) groups is 3. The lowest BCUT2D eigenvalue weighted by Gasteiger charge is -2.25. The van der Waals surface area contributed by atoms with Crippen LogP contribution in [0.3, 0.4) is 0 Å². The van der Waals surface area contributed by atoms with Crippen molar-refractivity contribution in [2.45, 2.75) is 51.2 Å². The third kappa shape index (κ3) is 7.57. The molecular weight excluding hydrogens is 546 g/mol. The Morgan fingerprint density at radius 2 is 1.63 bits per heavy atom. The second-order valence-corrected chi connectivity index (χ2v) is 11.6. The SMILES string of the molecule is CC(C)(C)OC(=O)CN(CCNC(=O)OCC1c2ccccc2-c2ccccc21)C(=O)CCc1cn(C2C=CC=C2)nn1. The van der Waals surface area contributed by atoms with Gasteiger partial charge in [-0.3, -0.25) is 9.59 Å². The molecule has 1 heterocycles. The number of nitrogens with zero attached hydrogens (tertiary/aromatic N) is 4. The Morgan fingerprint density at radius 1 is 0.977 bits per heavy atom. The van der Waals surface area contributed by atoms with Crippen molar-refractivity contribution in [3.05, 3.63) is 95.9 Å². The van der Waals surface area contributed by atoms with Gasteiger partial charge in [0.15, 0.2) is 0 Å². The predicted octanol–water partition coefficient (Wildman–Crippen LogP) is 4.59. The number of esters is 1. The van der Waals surface area contributed by atoms with Crippen molar-refractivity contribution in [3.63, 3.8) is 0 Å². The first kappa shape index (κ1) is 29.8. The maximum absolute atomic E-state index is 13.2. The average molecular weight is 584 g/mol. The van der Waals surface area contributed by atoms with Crippen molar-refractivity contribution in [1.29, 1.82) is 0 Å². The van der Waals surface area contributed by atoms with Crippen LogP contribution in [0.1, 0.15) is 56.0 Å². The highest BCUT2D eigenvalue weighted by Crippen LogP contribution is 2.44. The van der Waals surface area contributed by atoms with Crippen molar-refractivity contribution in [3.8, 4) is 11.1 Å². The first-order valence-corrected chi connectivity index (χ1v) is 14.5. The van der Waals surface area contributed by atoms with Crippen LogP contribution in [0.5, 0.6) is 0 Å². The van der Waals surface area contributed by atoms with E-state index in [-0.39, 0.29) is 50.5 Å². The van der Waals surface area contributed by atoms with Gasteiger partial charge in [0.1, 0.15) is 18.8 Å². The molecule has 5 rings (SSSR count). The molecule has 0 saturated carbocycles. The maximum atomic E-state index is 13.2. The standard InChI is InChI=1S/C33H37N5O5/c1-33(2,3)43-31(40)21-37(30(39)17-16-23-20-38(36-35-23)24-10-4-5-11-24)19-18-34-32(41)42-22-29-27-14-8-6-12-25(27)26-13-7-9-15-28(26)29/h4-15,20,24,29H,16-19,21-22H2,1-3H3,(H,34,41). The number of benzene rings is 2. The van der Waals surface area contributed by atoms with E-state index in [1.54, 1.807) is 25.5 Å². The van der Waals surface area contributed by atoms with Crippen LogP contribution in [0.4, 0.5) is 4.79 Å². The summed E-state index contributed by atoms with van der Waals surface area (Å²) < 4.78 is 12.8. The topological polar surface area (TPSA) is 116 Å². The van der Waals surface area contributed by atoms with E-state index in [9.17, 15) is 14.4 Å². The molecule has 43 heavy (non-hydrogen) atoms. The lowest BCUT2D eigenvalue weighted by molar-refractivity contribution is -0.158. The number of hydrogen-bond donors (Lipinski definition) is 1. The summed E-state index contributed by atoms with van der Waals surface area (Å²) in [6.07, 6.45) is 9.60. The summed E-state index contributed by atoms with van der Waals surface area (Å²) in [6.45, 7) is 5.50. The number of allylic oxidation sites excluding steroid dienone is 4. The molecule has 1 N–H and O–H groups in total. The van der Waals surface area contributed by atoms with Gasteiger partial charge in [-0.05, 0) is 43.0 Å². The van der Waals surface area contributed by atoms with Gasteiger partial charge in [-0.25, -0.2) is 9.48 Å². The number of fused-ring (bicyclic) bond motifs is 3. The molecule has 2 aromatic carbocycles. The molecule has 3 aromatic rings. The third-order valence-corrected chi connectivity index (χ3v) is 7.27. The molecular formula is C33H37N5O5. The van der Waals surface area contributed by atoms with Crippen LogP contribution in [0.25, 0.3) is 11.1 Å². The molecule has 10 nitrogen and oxygen atoms in total. The zero-order chi connectivity index (χ0) is 30.4. The number of nitrogens with one attached hydrogen (secondary N) is 1. The summed E-state index contributed by atoms with van der Waals surface area (Å²) in [5.41, 5.74) is 4.54. The van der Waals surface area contributed by atoms with E-state index in [2.05, 4.69) is 39.9 Å². The number of ether oxygens (including phenoxy) is 2. The van der Waals surface area contributed by atoms with Crippen LogP contribution in [-0.2, 0) is 25.5 Å². The molecule has 0 unspecified atom stereocenters. The number of rotatable bonds is 11. The average Bonchev–Trinajstić information content (AvgIpc) is 3.73. The second-order valence-electron chi connectivity index (χ2n) is 11.6. The maximum Gasteiger partial charge on any atom is 0.407 e. The molecule has 2 aliphatic carbocycles. The number of alkyl carbamates (subject to hydrolysis) is 1. The highest BCUT2D eigenvalue weighted by molar-refractivity contribution is 5.82. The van der Waals surface area contributed by atoms with Crippen LogP contribution >= 0.6 is 0 Å². The summed E-state index contributed by atoms with van der Waals surface area (Å²) in [5, 5.41) is 11.1. The quantitative estimate of drug-likeness (QED) is 0.329. The molecule has 1 aromatic heterocycles. The Kier molecular flexibility index (Phi) is 9.04. The Morgan fingerprint density at radius 3 is 2.28 bits per heavy atom. The largest absolute Gasteiger partial charge is 0.459 e. The fraction of sp³-hybridized carbons (Fsp3) is 0.364. The molecule has 0 bridgehead atoms. The number of carbonyl (C=O) groups excluding carboxylic acids is 3. The van der Waals surface area contributed by atoms with E-state index in [4.69, 9.17) is 9.47 Å². The number of amides is 2. The second kappa shape index (κ2) is 13.1. The molecule has 0 saturated heterocycles. The lowest BCUT2D eigenvalue weighted by Crippen LogP contribution is -2.43. The Hall–Kier alpha value is -4.73. The molecule has 0 spiro atoms. The summed E-state index contributed by atoms with van der Waals surface area (Å²) in [7, 11) is 0. The van der Waals surface area contributed by atoms with E-state index in [1.807, 2.05) is 54.8 Å². The fourth-order valence-corrected chi connectivity index (χ4v) is 5.33. The zero-order valence-electron chi connectivity index (χ0n) is 24.7. The summed E-state index contributed by atoms with van der Waals surface area (Å²) in [6, 6.07) is 16.3. The lowest BCUT2D eigenvalue weighted by atomic mass is 9.98. The smallest absolute Gasteiger partial charge is 0.407 e. The van der Waals surface area contributed by atoms with Gasteiger partial charge in [-0.1, -0.05) is 78.0 Å². The molecule has 0 radical (unpaired) electrons. The minimum absolute atomic E-state index is 0.0182. The van der Waals surface area contributed by atoms with E-state index in [0.29, 0.717) is 12.1 Å². The summed E-state index contributed by atoms with van der Waals surface area (Å²) >= 11 is 0. The van der Waals surface area contributed by atoms with Crippen molar-refractivity contribution < 1.29 is 23.9 Å². The van der Waals surface area contributed by atoms with Gasteiger partial charge in [-0.15, -0.1) is 5.10 Å². The summed E-state index contributed by atoms with van der Waals surface area (Å²) in [5.74, 6) is -0.829. The Balaban J connectivity index is 1.14. The van der Waals surface area contributed by atoms with Crippen molar-refractivity contribution in [1.82, 2.24) is 25.2 Å². The van der Waals surface area contributed by atoms with Crippen LogP contribution in [0.2, 0.25) is 0 Å². The predicted molar refractivity (Wildman–Crippen MR) is 161 cm³/mol. The molecule has 0 atom stereocenters. The number of aromatic nitrogens is 3. The normalized spacial score (nSPS) is 13.9. The van der Waals surface area contributed by atoms with E-state index < -0.39 is 17.7 Å². The highest BCUT2D eigenvalue weighted by atomic mass is 16.6. The molecule has 2 amide bonds. The van der Waals surface area contributed by atoms with Gasteiger partial charge in [0.25, 0.3) is 0 Å². The van der Waals surface area contributed by atoms with Gasteiger partial charge < -0.3 is 19.7 Å². The van der Waals surface area contributed by atoms with Gasteiger partial charge in [-0.2, -0.15) is 0 Å². The first-order valence-electron chi connectivity index (χ1n) is 14.5. The minimum atomic E-state index is -0.688. The molecule has 2 aliphatic rings. The minimum Gasteiger partial charge on any atom is -0.459 e. The number of aryl methyl sites for hydroxylation is 1. The molecule has 10 heteroatoms. The fourth-order valence-electron chi connectivity index (χ4n) is 5.33. The van der Waals surface area contributed by atoms with Crippen LogP contribution < -0.4 is 5.32 Å². The zero-order valence-corrected chi connectivity index (χ0v) is 24.7. The van der Waals surface area contributed by atoms with Crippen LogP contribution in [-0.4, -0.2) is 69.7 Å². The summed E-state index contributed by atoms with van der Waals surface area (Å²) in [4.78, 5) is 39.8. The first-order chi connectivity index (χ1) is 20.7. The number of hydrogen-bond acceptors (Lipinski definition) is 7. The van der Waals surface area contributed by atoms with Gasteiger partial charge in [0.2, 0.25) is 5.91 Å². The molecule has 224 valence electrons. The van der Waals surface area contributed by atoms with Crippen molar-refractivity contribution >= 4 is 18.0 Å². The monoisotopic (exact) mass is 583 g/mol. The third-order valence-electron chi connectivity index (χ3n) is 7.27. The Bertz CT molecular complexity index is 1480. The van der Waals surface area contributed by atoms with E-state index in [1.165, 1.54) is 4.90 Å². The molecule has 0 fully saturated rings. The van der Waals surface area contributed by atoms with Gasteiger partial charge >= 0.3 is 12.1 Å². The van der Waals surface area contributed by atoms with E-state index >= 15 is 0 Å². The van der Waals surface area contributed by atoms with Crippen LogP contribution in [0.15, 0.2) is 79.0 Å². The highest BCUT2D eigenvalue weighted by Gasteiger charge is 2.29. The van der Waals surface area contributed by atoms with E-state index in [0.717, 1.165) is 22.3 Å². The van der Waals surface area contributed by atoms with Gasteiger partial charge in [0.05, 0.1) is 11.7 Å². The Labute approximate surface area is 251 Å². The van der Waals surface area contributed by atoms with Crippen molar-refractivity contribution in [2.75, 3.05) is 26.2 Å².